The maximum atomic E-state index is 4.05. The number of aromatic amines is 1. The minimum Gasteiger partial charge on any atom is -0.177 e. The van der Waals surface area contributed by atoms with Gasteiger partial charge in [-0.25, -0.2) is 0 Å². The lowest BCUT2D eigenvalue weighted by atomic mass is 9.93. The molecule has 1 saturated carbocycles. The zero-order valence-electron chi connectivity index (χ0n) is 7.32. The summed E-state index contributed by atoms with van der Waals surface area (Å²) in [6.07, 6.45) is 5.12. The summed E-state index contributed by atoms with van der Waals surface area (Å²) in [6, 6.07) is 0. The van der Waals surface area contributed by atoms with Gasteiger partial charge in [0.1, 0.15) is 0 Å². The fourth-order valence-corrected chi connectivity index (χ4v) is 2.19. The largest absolute Gasteiger partial charge is 0.177 e. The van der Waals surface area contributed by atoms with Gasteiger partial charge in [0.2, 0.25) is 0 Å². The third-order valence-electron chi connectivity index (χ3n) is 2.88. The average molecular weight is 168 g/mol. The van der Waals surface area contributed by atoms with Crippen molar-refractivity contribution < 1.29 is 1.43 Å². The summed E-state index contributed by atoms with van der Waals surface area (Å²) in [7, 11) is 0. The minimum absolute atomic E-state index is 0. The van der Waals surface area contributed by atoms with Crippen LogP contribution in [0.4, 0.5) is 0 Å². The van der Waals surface area contributed by atoms with E-state index in [9.17, 15) is 0 Å². The fraction of sp³-hybridized carbons (Fsp3) is 0.875. The molecule has 1 heterocycles. The second kappa shape index (κ2) is 3.21. The monoisotopic (exact) mass is 168 g/mol. The number of hydrogen-bond acceptors (Lipinski definition) is 3. The Labute approximate surface area is 73.2 Å². The molecule has 4 heteroatoms. The van der Waals surface area contributed by atoms with Crippen LogP contribution in [-0.2, 0) is 0 Å². The van der Waals surface area contributed by atoms with E-state index in [4.69, 9.17) is 0 Å². The van der Waals surface area contributed by atoms with Gasteiger partial charge < -0.3 is 0 Å². The normalized spacial score (nSPS) is 29.4. The first-order chi connectivity index (χ1) is 5.92. The molecular weight excluding hydrogens is 152 g/mol. The lowest BCUT2D eigenvalue weighted by molar-refractivity contribution is 0.453. The molecule has 0 amide bonds. The molecule has 1 aromatic rings. The summed E-state index contributed by atoms with van der Waals surface area (Å²) < 4.78 is 0. The van der Waals surface area contributed by atoms with Gasteiger partial charge >= 0.3 is 0 Å². The molecule has 1 N–H and O–H groups in total. The Balaban J connectivity index is 0.000000845. The van der Waals surface area contributed by atoms with Crippen LogP contribution in [0.25, 0.3) is 0 Å². The zero-order valence-corrected chi connectivity index (χ0v) is 7.32. The Morgan fingerprint density at radius 1 is 1.58 bits per heavy atom. The van der Waals surface area contributed by atoms with Gasteiger partial charge in [-0.3, -0.25) is 0 Å². The van der Waals surface area contributed by atoms with Crippen molar-refractivity contribution in [1.29, 1.82) is 0 Å². The van der Waals surface area contributed by atoms with Crippen LogP contribution in [0.2, 0.25) is 0 Å². The van der Waals surface area contributed by atoms with Crippen molar-refractivity contribution in [1.82, 2.24) is 20.6 Å². The van der Waals surface area contributed by atoms with Gasteiger partial charge in [0.15, 0.2) is 5.82 Å². The van der Waals surface area contributed by atoms with Gasteiger partial charge in [-0.05, 0) is 18.8 Å². The molecule has 1 aromatic heterocycles. The van der Waals surface area contributed by atoms with Crippen LogP contribution in [-0.4, -0.2) is 20.6 Å². The first-order valence-corrected chi connectivity index (χ1v) is 4.65. The maximum absolute atomic E-state index is 4.05. The second-order valence-corrected chi connectivity index (χ2v) is 3.48. The Hall–Kier alpha value is -0.930. The predicted molar refractivity (Wildman–Crippen MR) is 46.7 cm³/mol. The van der Waals surface area contributed by atoms with E-state index in [0.717, 1.165) is 11.7 Å². The molecule has 0 saturated heterocycles. The first kappa shape index (κ1) is 7.71. The number of tetrazole rings is 1. The van der Waals surface area contributed by atoms with E-state index in [2.05, 4.69) is 27.5 Å². The summed E-state index contributed by atoms with van der Waals surface area (Å²) in [6.45, 7) is 2.24. The molecule has 4 nitrogen and oxygen atoms in total. The van der Waals surface area contributed by atoms with Gasteiger partial charge in [-0.15, -0.1) is 10.2 Å². The summed E-state index contributed by atoms with van der Waals surface area (Å²) in [5.41, 5.74) is 0. The molecule has 0 aromatic carbocycles. The molecule has 0 spiro atoms. The average Bonchev–Trinajstić information content (AvgIpc) is 2.74. The van der Waals surface area contributed by atoms with Crippen molar-refractivity contribution in [2.75, 3.05) is 0 Å². The van der Waals surface area contributed by atoms with E-state index in [1.54, 1.807) is 0 Å². The third-order valence-corrected chi connectivity index (χ3v) is 2.88. The summed E-state index contributed by atoms with van der Waals surface area (Å²) in [4.78, 5) is 0. The molecule has 2 atom stereocenters. The predicted octanol–water partition coefficient (Wildman–Crippen LogP) is 1.74. The van der Waals surface area contributed by atoms with Crippen LogP contribution in [0, 0.1) is 5.92 Å². The SMILES string of the molecule is CC[C@H]1CCC[C@H]1c1nn[nH]n1.[HH]. The molecule has 0 aliphatic heterocycles. The molecule has 12 heavy (non-hydrogen) atoms. The Morgan fingerprint density at radius 3 is 3.17 bits per heavy atom. The van der Waals surface area contributed by atoms with Crippen molar-refractivity contribution in [3.05, 3.63) is 5.82 Å². The van der Waals surface area contributed by atoms with Gasteiger partial charge in [-0.1, -0.05) is 25.0 Å². The second-order valence-electron chi connectivity index (χ2n) is 3.48. The molecule has 1 fully saturated rings. The maximum Gasteiger partial charge on any atom is 0.177 e. The number of H-pyrrole nitrogens is 1. The first-order valence-electron chi connectivity index (χ1n) is 4.65. The quantitative estimate of drug-likeness (QED) is 0.731. The zero-order chi connectivity index (χ0) is 8.39. The molecule has 2 rings (SSSR count). The highest BCUT2D eigenvalue weighted by Gasteiger charge is 2.29. The smallest absolute Gasteiger partial charge is 0.177 e. The number of nitrogens with one attached hydrogen (secondary N) is 1. The number of aromatic nitrogens is 4. The van der Waals surface area contributed by atoms with Crippen molar-refractivity contribution in [3.8, 4) is 0 Å². The van der Waals surface area contributed by atoms with Gasteiger partial charge in [0.25, 0.3) is 0 Å². The summed E-state index contributed by atoms with van der Waals surface area (Å²) in [5.74, 6) is 2.26. The topological polar surface area (TPSA) is 54.5 Å². The van der Waals surface area contributed by atoms with E-state index in [0.29, 0.717) is 5.92 Å². The van der Waals surface area contributed by atoms with Crippen molar-refractivity contribution >= 4 is 0 Å². The number of hydrogen-bond donors (Lipinski definition) is 1. The Bertz CT molecular complexity index is 236. The van der Waals surface area contributed by atoms with Crippen LogP contribution >= 0.6 is 0 Å². The van der Waals surface area contributed by atoms with Crippen molar-refractivity contribution in [2.24, 2.45) is 5.92 Å². The lowest BCUT2D eigenvalue weighted by Gasteiger charge is -2.12. The van der Waals surface area contributed by atoms with Crippen molar-refractivity contribution in [3.63, 3.8) is 0 Å². The highest BCUT2D eigenvalue weighted by molar-refractivity contribution is 4.97. The van der Waals surface area contributed by atoms with Gasteiger partial charge in [0.05, 0.1) is 0 Å². The molecule has 68 valence electrons. The van der Waals surface area contributed by atoms with E-state index in [1.807, 2.05) is 0 Å². The summed E-state index contributed by atoms with van der Waals surface area (Å²) in [5, 5.41) is 14.2. The molecular formula is C8H16N4. The van der Waals surface area contributed by atoms with Crippen LogP contribution in [0.1, 0.15) is 45.8 Å². The van der Waals surface area contributed by atoms with E-state index >= 15 is 0 Å². The highest BCUT2D eigenvalue weighted by atomic mass is 15.5. The molecule has 1 aliphatic carbocycles. The van der Waals surface area contributed by atoms with Crippen molar-refractivity contribution in [2.45, 2.75) is 38.5 Å². The Kier molecular flexibility index (Phi) is 2.06. The van der Waals surface area contributed by atoms with E-state index in [-0.39, 0.29) is 1.43 Å². The molecule has 0 unspecified atom stereocenters. The highest BCUT2D eigenvalue weighted by Crippen LogP contribution is 2.39. The number of nitrogens with zero attached hydrogens (tertiary/aromatic N) is 3. The van der Waals surface area contributed by atoms with Crippen LogP contribution < -0.4 is 0 Å². The number of rotatable bonds is 2. The van der Waals surface area contributed by atoms with E-state index < -0.39 is 0 Å². The van der Waals surface area contributed by atoms with E-state index in [1.165, 1.54) is 25.7 Å². The van der Waals surface area contributed by atoms with Crippen LogP contribution in [0.5, 0.6) is 0 Å². The lowest BCUT2D eigenvalue weighted by Crippen LogP contribution is -2.06. The minimum atomic E-state index is 0. The van der Waals surface area contributed by atoms with Gasteiger partial charge in [-0.2, -0.15) is 5.21 Å². The van der Waals surface area contributed by atoms with Crippen LogP contribution in [0.3, 0.4) is 0 Å². The molecule has 1 aliphatic rings. The summed E-state index contributed by atoms with van der Waals surface area (Å²) >= 11 is 0. The standard InChI is InChI=1S/C8H14N4.H2/c1-2-6-4-3-5-7(6)8-9-11-12-10-8;/h6-7H,2-5H2,1H3,(H,9,10,11,12);1H/t6-,7+;/m0./s1. The molecule has 0 bridgehead atoms. The molecule has 0 radical (unpaired) electrons. The fourth-order valence-electron chi connectivity index (χ4n) is 2.19. The van der Waals surface area contributed by atoms with Crippen LogP contribution in [0.15, 0.2) is 0 Å². The van der Waals surface area contributed by atoms with Gasteiger partial charge in [0, 0.05) is 7.34 Å². The third kappa shape index (κ3) is 1.21. The Morgan fingerprint density at radius 2 is 2.50 bits per heavy atom.